The summed E-state index contributed by atoms with van der Waals surface area (Å²) in [5.41, 5.74) is 0.749. The molecule has 6 nitrogen and oxygen atoms in total. The van der Waals surface area contributed by atoms with Gasteiger partial charge >= 0.3 is 5.97 Å². The molecule has 1 fully saturated rings. The molecule has 1 saturated carbocycles. The Labute approximate surface area is 124 Å². The number of nitrogens with one attached hydrogen (secondary N) is 1. The van der Waals surface area contributed by atoms with Gasteiger partial charge in [0.1, 0.15) is 6.54 Å². The van der Waals surface area contributed by atoms with Crippen molar-refractivity contribution in [3.05, 3.63) is 24.3 Å². The zero-order valence-electron chi connectivity index (χ0n) is 11.9. The summed E-state index contributed by atoms with van der Waals surface area (Å²) >= 11 is 0. The van der Waals surface area contributed by atoms with Crippen molar-refractivity contribution < 1.29 is 18.3 Å². The SMILES string of the molecule is CNS(=O)(=O)c1ccc(N(CC(=O)O)C2CCCC2)cc1. The highest BCUT2D eigenvalue weighted by Gasteiger charge is 2.25. The van der Waals surface area contributed by atoms with Crippen LogP contribution in [0.4, 0.5) is 5.69 Å². The van der Waals surface area contributed by atoms with E-state index in [9.17, 15) is 13.2 Å². The summed E-state index contributed by atoms with van der Waals surface area (Å²) in [6, 6.07) is 6.57. The quantitative estimate of drug-likeness (QED) is 0.830. The molecular formula is C14H20N2O4S. The van der Waals surface area contributed by atoms with Crippen LogP contribution in [0.25, 0.3) is 0 Å². The Bertz CT molecular complexity index is 592. The number of sulfonamides is 1. The first-order chi connectivity index (χ1) is 9.94. The average molecular weight is 312 g/mol. The number of benzene rings is 1. The largest absolute Gasteiger partial charge is 0.480 e. The van der Waals surface area contributed by atoms with Crippen LogP contribution < -0.4 is 9.62 Å². The fourth-order valence-electron chi connectivity index (χ4n) is 2.73. The number of hydrogen-bond donors (Lipinski definition) is 2. The van der Waals surface area contributed by atoms with Crippen molar-refractivity contribution >= 4 is 21.7 Å². The molecule has 0 unspecified atom stereocenters. The summed E-state index contributed by atoms with van der Waals surface area (Å²) in [5, 5.41) is 9.08. The van der Waals surface area contributed by atoms with E-state index in [1.807, 2.05) is 4.90 Å². The molecule has 7 heteroatoms. The summed E-state index contributed by atoms with van der Waals surface area (Å²) in [6.07, 6.45) is 4.16. The second kappa shape index (κ2) is 6.44. The molecule has 2 rings (SSSR count). The number of aliphatic carboxylic acids is 1. The van der Waals surface area contributed by atoms with Crippen molar-refractivity contribution in [1.29, 1.82) is 0 Å². The molecule has 0 spiro atoms. The van der Waals surface area contributed by atoms with Crippen molar-refractivity contribution in [2.45, 2.75) is 36.6 Å². The van der Waals surface area contributed by atoms with E-state index in [0.29, 0.717) is 0 Å². The molecule has 0 aliphatic heterocycles. The Hall–Kier alpha value is -1.60. The highest BCUT2D eigenvalue weighted by atomic mass is 32.2. The molecule has 116 valence electrons. The number of anilines is 1. The molecule has 2 N–H and O–H groups in total. The van der Waals surface area contributed by atoms with Crippen molar-refractivity contribution in [2.24, 2.45) is 0 Å². The fraction of sp³-hybridized carbons (Fsp3) is 0.500. The van der Waals surface area contributed by atoms with Gasteiger partial charge in [-0.2, -0.15) is 0 Å². The Morgan fingerprint density at radius 3 is 2.33 bits per heavy atom. The fourth-order valence-corrected chi connectivity index (χ4v) is 3.46. The monoisotopic (exact) mass is 312 g/mol. The van der Waals surface area contributed by atoms with Gasteiger partial charge in [-0.25, -0.2) is 13.1 Å². The lowest BCUT2D eigenvalue weighted by atomic mass is 10.1. The summed E-state index contributed by atoms with van der Waals surface area (Å²) in [5.74, 6) is -0.881. The van der Waals surface area contributed by atoms with Crippen molar-refractivity contribution in [1.82, 2.24) is 4.72 Å². The predicted molar refractivity (Wildman–Crippen MR) is 79.9 cm³/mol. The van der Waals surface area contributed by atoms with Gasteiger partial charge in [0, 0.05) is 11.7 Å². The van der Waals surface area contributed by atoms with Gasteiger partial charge in [0.15, 0.2) is 0 Å². The van der Waals surface area contributed by atoms with E-state index in [0.717, 1.165) is 31.4 Å². The zero-order chi connectivity index (χ0) is 15.5. The minimum atomic E-state index is -3.47. The molecule has 0 amide bonds. The summed E-state index contributed by atoms with van der Waals surface area (Å²) in [6.45, 7) is -0.0667. The maximum atomic E-state index is 11.7. The van der Waals surface area contributed by atoms with Gasteiger partial charge in [0.2, 0.25) is 10.0 Å². The molecule has 0 heterocycles. The molecule has 0 radical (unpaired) electrons. The summed E-state index contributed by atoms with van der Waals surface area (Å²) in [7, 11) is -2.11. The lowest BCUT2D eigenvalue weighted by Crippen LogP contribution is -2.37. The molecule has 0 saturated heterocycles. The first-order valence-corrected chi connectivity index (χ1v) is 8.44. The number of hydrogen-bond acceptors (Lipinski definition) is 4. The van der Waals surface area contributed by atoms with Crippen LogP contribution in [-0.4, -0.2) is 39.1 Å². The minimum absolute atomic E-state index is 0.0667. The normalized spacial score (nSPS) is 16.0. The van der Waals surface area contributed by atoms with Crippen LogP contribution in [0.15, 0.2) is 29.2 Å². The maximum Gasteiger partial charge on any atom is 0.323 e. The Kier molecular flexibility index (Phi) is 4.84. The zero-order valence-corrected chi connectivity index (χ0v) is 12.8. The molecule has 21 heavy (non-hydrogen) atoms. The van der Waals surface area contributed by atoms with Crippen LogP contribution in [0.1, 0.15) is 25.7 Å². The average Bonchev–Trinajstić information content (AvgIpc) is 2.98. The molecule has 1 aliphatic rings. The third kappa shape index (κ3) is 3.74. The van der Waals surface area contributed by atoms with Gasteiger partial charge in [0.05, 0.1) is 4.90 Å². The smallest absolute Gasteiger partial charge is 0.323 e. The van der Waals surface area contributed by atoms with Gasteiger partial charge in [-0.1, -0.05) is 12.8 Å². The number of carbonyl (C=O) groups is 1. The second-order valence-electron chi connectivity index (χ2n) is 5.16. The molecule has 0 atom stereocenters. The summed E-state index contributed by atoms with van der Waals surface area (Å²) in [4.78, 5) is 13.1. The Morgan fingerprint density at radius 1 is 1.29 bits per heavy atom. The van der Waals surface area contributed by atoms with E-state index in [2.05, 4.69) is 4.72 Å². The van der Waals surface area contributed by atoms with Gasteiger partial charge < -0.3 is 10.0 Å². The van der Waals surface area contributed by atoms with Crippen molar-refractivity contribution in [3.8, 4) is 0 Å². The van der Waals surface area contributed by atoms with Gasteiger partial charge in [-0.05, 0) is 44.2 Å². The molecule has 0 bridgehead atoms. The van der Waals surface area contributed by atoms with Gasteiger partial charge in [0.25, 0.3) is 0 Å². The number of rotatable bonds is 6. The van der Waals surface area contributed by atoms with Crippen LogP contribution in [-0.2, 0) is 14.8 Å². The van der Waals surface area contributed by atoms with E-state index in [1.165, 1.54) is 19.2 Å². The van der Waals surface area contributed by atoms with Crippen LogP contribution in [0, 0.1) is 0 Å². The standard InChI is InChI=1S/C14H20N2O4S/c1-15-21(19,20)13-8-6-12(7-9-13)16(10-14(17)18)11-4-2-3-5-11/h6-9,11,15H,2-5,10H2,1H3,(H,17,18). The molecule has 0 aromatic heterocycles. The van der Waals surface area contributed by atoms with E-state index in [1.54, 1.807) is 12.1 Å². The predicted octanol–water partition coefficient (Wildman–Crippen LogP) is 1.43. The first kappa shape index (κ1) is 15.8. The molecule has 1 aromatic carbocycles. The molecule has 1 aromatic rings. The van der Waals surface area contributed by atoms with Crippen LogP contribution in [0.5, 0.6) is 0 Å². The van der Waals surface area contributed by atoms with E-state index in [4.69, 9.17) is 5.11 Å². The van der Waals surface area contributed by atoms with Crippen LogP contribution in [0.3, 0.4) is 0 Å². The lowest BCUT2D eigenvalue weighted by Gasteiger charge is -2.29. The van der Waals surface area contributed by atoms with Gasteiger partial charge in [-0.3, -0.25) is 4.79 Å². The highest BCUT2D eigenvalue weighted by molar-refractivity contribution is 7.89. The number of nitrogens with zero attached hydrogens (tertiary/aromatic N) is 1. The van der Waals surface area contributed by atoms with Crippen molar-refractivity contribution in [2.75, 3.05) is 18.5 Å². The maximum absolute atomic E-state index is 11.7. The lowest BCUT2D eigenvalue weighted by molar-refractivity contribution is -0.135. The third-order valence-electron chi connectivity index (χ3n) is 3.82. The number of carboxylic acids is 1. The highest BCUT2D eigenvalue weighted by Crippen LogP contribution is 2.28. The van der Waals surface area contributed by atoms with E-state index in [-0.39, 0.29) is 17.5 Å². The third-order valence-corrected chi connectivity index (χ3v) is 5.25. The van der Waals surface area contributed by atoms with Crippen LogP contribution >= 0.6 is 0 Å². The first-order valence-electron chi connectivity index (χ1n) is 6.96. The topological polar surface area (TPSA) is 86.7 Å². The van der Waals surface area contributed by atoms with Crippen LogP contribution in [0.2, 0.25) is 0 Å². The number of carboxylic acid groups (broad SMARTS) is 1. The molecular weight excluding hydrogens is 292 g/mol. The van der Waals surface area contributed by atoms with Crippen molar-refractivity contribution in [3.63, 3.8) is 0 Å². The van der Waals surface area contributed by atoms with Gasteiger partial charge in [-0.15, -0.1) is 0 Å². The van der Waals surface area contributed by atoms with E-state index >= 15 is 0 Å². The summed E-state index contributed by atoms with van der Waals surface area (Å²) < 4.78 is 25.7. The molecule has 1 aliphatic carbocycles. The second-order valence-corrected chi connectivity index (χ2v) is 7.05. The minimum Gasteiger partial charge on any atom is -0.480 e. The Morgan fingerprint density at radius 2 is 1.86 bits per heavy atom. The Balaban J connectivity index is 2.26. The van der Waals surface area contributed by atoms with E-state index < -0.39 is 16.0 Å².